The van der Waals surface area contributed by atoms with E-state index in [4.69, 9.17) is 5.73 Å². The largest absolute Gasteiger partial charge is 0.481 e. The molecule has 0 bridgehead atoms. The van der Waals surface area contributed by atoms with Crippen molar-refractivity contribution in [2.75, 3.05) is 11.1 Å². The average molecular weight is 376 g/mol. The van der Waals surface area contributed by atoms with Crippen LogP contribution in [0.5, 0.6) is 0 Å². The molecule has 1 aromatic carbocycles. The van der Waals surface area contributed by atoms with Crippen LogP contribution >= 0.6 is 0 Å². The van der Waals surface area contributed by atoms with Crippen molar-refractivity contribution in [3.63, 3.8) is 0 Å². The molecule has 28 heavy (non-hydrogen) atoms. The van der Waals surface area contributed by atoms with Gasteiger partial charge in [-0.1, -0.05) is 18.2 Å². The standard InChI is InChI=1S/C21H20N4O3/c1-21(20(27)28)10-14-17(15(26)11-21)19(24-13-5-3-2-4-6-13)18(25-14)12-7-8-23-16(22)9-12/h2-9,24-25H,10-11H2,1H3,(H2,22,23)(H,27,28). The molecule has 142 valence electrons. The zero-order valence-electron chi connectivity index (χ0n) is 15.3. The Kier molecular flexibility index (Phi) is 4.15. The fraction of sp³-hybridized carbons (Fsp3) is 0.190. The molecule has 4 rings (SSSR count). The molecule has 2 aromatic heterocycles. The highest BCUT2D eigenvalue weighted by molar-refractivity contribution is 6.09. The number of carbonyl (C=O) groups excluding carboxylic acids is 1. The molecule has 1 atom stereocenters. The zero-order valence-corrected chi connectivity index (χ0v) is 15.3. The minimum Gasteiger partial charge on any atom is -0.481 e. The molecule has 0 radical (unpaired) electrons. The molecule has 5 N–H and O–H groups in total. The van der Waals surface area contributed by atoms with Gasteiger partial charge < -0.3 is 21.1 Å². The van der Waals surface area contributed by atoms with Crippen molar-refractivity contribution in [3.8, 4) is 11.3 Å². The lowest BCUT2D eigenvalue weighted by atomic mass is 9.74. The number of aromatic amines is 1. The van der Waals surface area contributed by atoms with Crippen LogP contribution in [0, 0.1) is 5.41 Å². The number of aromatic nitrogens is 2. The fourth-order valence-corrected chi connectivity index (χ4v) is 3.65. The van der Waals surface area contributed by atoms with Gasteiger partial charge in [0.2, 0.25) is 0 Å². The predicted molar refractivity (Wildman–Crippen MR) is 107 cm³/mol. The van der Waals surface area contributed by atoms with E-state index in [1.165, 1.54) is 0 Å². The topological polar surface area (TPSA) is 121 Å². The van der Waals surface area contributed by atoms with Crippen LogP contribution in [0.15, 0.2) is 48.7 Å². The summed E-state index contributed by atoms with van der Waals surface area (Å²) in [6, 6.07) is 13.0. The monoisotopic (exact) mass is 376 g/mol. The quantitative estimate of drug-likeness (QED) is 0.552. The Labute approximate surface area is 161 Å². The van der Waals surface area contributed by atoms with Crippen LogP contribution in [0.2, 0.25) is 0 Å². The number of carbonyl (C=O) groups is 2. The third-order valence-electron chi connectivity index (χ3n) is 5.10. The smallest absolute Gasteiger partial charge is 0.310 e. The molecule has 0 spiro atoms. The summed E-state index contributed by atoms with van der Waals surface area (Å²) in [6.07, 6.45) is 1.79. The molecule has 1 aliphatic carbocycles. The molecule has 1 unspecified atom stereocenters. The first kappa shape index (κ1) is 17.8. The van der Waals surface area contributed by atoms with Crippen molar-refractivity contribution in [1.29, 1.82) is 0 Å². The summed E-state index contributed by atoms with van der Waals surface area (Å²) in [5.74, 6) is -0.820. The number of rotatable bonds is 4. The van der Waals surface area contributed by atoms with Gasteiger partial charge in [0, 0.05) is 36.0 Å². The Morgan fingerprint density at radius 3 is 2.68 bits per heavy atom. The summed E-state index contributed by atoms with van der Waals surface area (Å²) in [6.45, 7) is 1.60. The molecular formula is C21H20N4O3. The molecular weight excluding hydrogens is 356 g/mol. The number of nitrogen functional groups attached to an aromatic ring is 1. The number of hydrogen-bond donors (Lipinski definition) is 4. The van der Waals surface area contributed by atoms with Gasteiger partial charge in [-0.2, -0.15) is 0 Å². The van der Waals surface area contributed by atoms with Crippen LogP contribution in [-0.4, -0.2) is 26.8 Å². The van der Waals surface area contributed by atoms with E-state index in [2.05, 4.69) is 15.3 Å². The predicted octanol–water partition coefficient (Wildman–Crippen LogP) is 3.62. The Hall–Kier alpha value is -3.61. The van der Waals surface area contributed by atoms with Gasteiger partial charge in [0.15, 0.2) is 5.78 Å². The second-order valence-electron chi connectivity index (χ2n) is 7.33. The van der Waals surface area contributed by atoms with Crippen LogP contribution < -0.4 is 11.1 Å². The Morgan fingerprint density at radius 1 is 1.25 bits per heavy atom. The van der Waals surface area contributed by atoms with E-state index in [9.17, 15) is 14.7 Å². The molecule has 0 fully saturated rings. The number of hydrogen-bond acceptors (Lipinski definition) is 5. The number of fused-ring (bicyclic) bond motifs is 1. The van der Waals surface area contributed by atoms with Gasteiger partial charge >= 0.3 is 5.97 Å². The molecule has 0 saturated heterocycles. The highest BCUT2D eigenvalue weighted by Crippen LogP contribution is 2.43. The molecule has 0 aliphatic heterocycles. The van der Waals surface area contributed by atoms with E-state index in [1.54, 1.807) is 25.3 Å². The SMILES string of the molecule is CC1(C(=O)O)CC(=O)c2c([nH]c(-c3ccnc(N)c3)c2Nc2ccccc2)C1. The Bertz CT molecular complexity index is 1070. The van der Waals surface area contributed by atoms with Gasteiger partial charge in [-0.3, -0.25) is 9.59 Å². The van der Waals surface area contributed by atoms with E-state index >= 15 is 0 Å². The summed E-state index contributed by atoms with van der Waals surface area (Å²) in [7, 11) is 0. The van der Waals surface area contributed by atoms with Gasteiger partial charge in [-0.05, 0) is 31.2 Å². The summed E-state index contributed by atoms with van der Waals surface area (Å²) in [4.78, 5) is 32.0. The molecule has 3 aromatic rings. The van der Waals surface area contributed by atoms with Crippen molar-refractivity contribution in [1.82, 2.24) is 9.97 Å². The minimum absolute atomic E-state index is 0.0470. The molecule has 2 heterocycles. The van der Waals surface area contributed by atoms with Crippen molar-refractivity contribution in [2.45, 2.75) is 19.8 Å². The second kappa shape index (κ2) is 6.53. The molecule has 7 nitrogen and oxygen atoms in total. The van der Waals surface area contributed by atoms with Crippen LogP contribution in [0.25, 0.3) is 11.3 Å². The van der Waals surface area contributed by atoms with Gasteiger partial charge in [0.1, 0.15) is 5.82 Å². The van der Waals surface area contributed by atoms with Gasteiger partial charge in [0.25, 0.3) is 0 Å². The lowest BCUT2D eigenvalue weighted by Crippen LogP contribution is -2.36. The normalized spacial score (nSPS) is 18.5. The van der Waals surface area contributed by atoms with E-state index in [0.717, 1.165) is 11.3 Å². The first-order valence-corrected chi connectivity index (χ1v) is 8.93. The summed E-state index contributed by atoms with van der Waals surface area (Å²) in [5, 5.41) is 12.9. The first-order chi connectivity index (χ1) is 13.4. The Morgan fingerprint density at radius 2 is 2.00 bits per heavy atom. The van der Waals surface area contributed by atoms with E-state index in [1.807, 2.05) is 30.3 Å². The number of para-hydroxylation sites is 1. The number of pyridine rings is 1. The summed E-state index contributed by atoms with van der Waals surface area (Å²) < 4.78 is 0. The number of carboxylic acid groups (broad SMARTS) is 1. The number of benzene rings is 1. The van der Waals surface area contributed by atoms with Gasteiger partial charge in [-0.25, -0.2) is 4.98 Å². The number of Topliss-reactive ketones (excluding diaryl/α,β-unsaturated/α-hetero) is 1. The van der Waals surface area contributed by atoms with E-state index in [0.29, 0.717) is 28.5 Å². The number of nitrogens with one attached hydrogen (secondary N) is 2. The minimum atomic E-state index is -1.13. The maximum atomic E-state index is 13.0. The van der Waals surface area contributed by atoms with Crippen LogP contribution in [0.1, 0.15) is 29.4 Å². The first-order valence-electron chi connectivity index (χ1n) is 8.93. The maximum Gasteiger partial charge on any atom is 0.310 e. The highest BCUT2D eigenvalue weighted by Gasteiger charge is 2.43. The Balaban J connectivity index is 1.89. The van der Waals surface area contributed by atoms with Gasteiger partial charge in [-0.15, -0.1) is 0 Å². The van der Waals surface area contributed by atoms with Crippen molar-refractivity contribution in [2.24, 2.45) is 5.41 Å². The number of carboxylic acids is 1. The molecule has 1 aliphatic rings. The molecule has 7 heteroatoms. The van der Waals surface area contributed by atoms with Crippen molar-refractivity contribution < 1.29 is 14.7 Å². The number of nitrogens with two attached hydrogens (primary N) is 1. The van der Waals surface area contributed by atoms with Crippen LogP contribution in [0.4, 0.5) is 17.2 Å². The van der Waals surface area contributed by atoms with Crippen LogP contribution in [0.3, 0.4) is 0 Å². The number of anilines is 3. The van der Waals surface area contributed by atoms with Crippen molar-refractivity contribution in [3.05, 3.63) is 59.9 Å². The molecule has 0 saturated carbocycles. The third-order valence-corrected chi connectivity index (χ3v) is 5.10. The van der Waals surface area contributed by atoms with Gasteiger partial charge in [0.05, 0.1) is 22.4 Å². The lowest BCUT2D eigenvalue weighted by Gasteiger charge is -2.28. The number of ketones is 1. The van der Waals surface area contributed by atoms with E-state index in [-0.39, 0.29) is 18.6 Å². The number of aliphatic carboxylic acids is 1. The lowest BCUT2D eigenvalue weighted by molar-refractivity contribution is -0.148. The third kappa shape index (κ3) is 3.00. The maximum absolute atomic E-state index is 13.0. The molecule has 0 amide bonds. The van der Waals surface area contributed by atoms with E-state index < -0.39 is 11.4 Å². The summed E-state index contributed by atoms with van der Waals surface area (Å²) >= 11 is 0. The fourth-order valence-electron chi connectivity index (χ4n) is 3.65. The number of nitrogens with zero attached hydrogens (tertiary/aromatic N) is 1. The van der Waals surface area contributed by atoms with Crippen LogP contribution in [-0.2, 0) is 11.2 Å². The second-order valence-corrected chi connectivity index (χ2v) is 7.33. The summed E-state index contributed by atoms with van der Waals surface area (Å²) in [5.41, 5.74) is 8.74. The number of H-pyrrole nitrogens is 1. The zero-order chi connectivity index (χ0) is 19.9. The van der Waals surface area contributed by atoms with Crippen molar-refractivity contribution >= 4 is 28.9 Å². The highest BCUT2D eigenvalue weighted by atomic mass is 16.4. The average Bonchev–Trinajstić information content (AvgIpc) is 3.00.